The van der Waals surface area contributed by atoms with Gasteiger partial charge in [0.25, 0.3) is 11.7 Å². The molecule has 0 aliphatic carbocycles. The number of benzene rings is 2. The molecule has 1 unspecified atom stereocenters. The lowest BCUT2D eigenvalue weighted by Gasteiger charge is -2.26. The van der Waals surface area contributed by atoms with Crippen molar-refractivity contribution in [3.63, 3.8) is 0 Å². The number of ketones is 1. The first kappa shape index (κ1) is 25.6. The lowest BCUT2D eigenvalue weighted by molar-refractivity contribution is -0.140. The van der Waals surface area contributed by atoms with Gasteiger partial charge in [0, 0.05) is 25.8 Å². The fourth-order valence-corrected chi connectivity index (χ4v) is 4.50. The molecule has 0 aromatic heterocycles. The maximum Gasteiger partial charge on any atom is 0.295 e. The Morgan fingerprint density at radius 2 is 1.83 bits per heavy atom. The molecule has 1 fully saturated rings. The second-order valence-corrected chi connectivity index (χ2v) is 8.83. The second-order valence-electron chi connectivity index (χ2n) is 8.83. The highest BCUT2D eigenvalue weighted by Crippen LogP contribution is 2.41. The van der Waals surface area contributed by atoms with E-state index in [4.69, 9.17) is 18.9 Å². The molecule has 0 spiro atoms. The van der Waals surface area contributed by atoms with Gasteiger partial charge in [0.15, 0.2) is 11.5 Å². The lowest BCUT2D eigenvalue weighted by atomic mass is 9.95. The summed E-state index contributed by atoms with van der Waals surface area (Å²) in [5.41, 5.74) is 1.11. The van der Waals surface area contributed by atoms with Gasteiger partial charge < -0.3 is 29.0 Å². The highest BCUT2D eigenvalue weighted by molar-refractivity contribution is 6.46. The number of ether oxygens (including phenoxy) is 4. The van der Waals surface area contributed by atoms with Crippen LogP contribution in [0.25, 0.3) is 5.76 Å². The molecule has 1 atom stereocenters. The zero-order valence-corrected chi connectivity index (χ0v) is 20.8. The monoisotopic (exact) mass is 495 g/mol. The molecule has 36 heavy (non-hydrogen) atoms. The molecule has 1 saturated heterocycles. The first-order valence-corrected chi connectivity index (χ1v) is 12.4. The summed E-state index contributed by atoms with van der Waals surface area (Å²) in [5.74, 6) is 0.0914. The fourth-order valence-electron chi connectivity index (χ4n) is 4.50. The predicted octanol–water partition coefficient (Wildman–Crippen LogP) is 4.49. The Balaban J connectivity index is 1.73. The minimum absolute atomic E-state index is 0.0391. The third kappa shape index (κ3) is 5.49. The number of hydrogen-bond acceptors (Lipinski definition) is 7. The smallest absolute Gasteiger partial charge is 0.295 e. The van der Waals surface area contributed by atoms with E-state index in [1.165, 1.54) is 4.90 Å². The molecule has 8 nitrogen and oxygen atoms in total. The molecule has 2 aliphatic rings. The van der Waals surface area contributed by atoms with Crippen LogP contribution in [-0.2, 0) is 14.3 Å². The van der Waals surface area contributed by atoms with E-state index in [1.54, 1.807) is 25.3 Å². The van der Waals surface area contributed by atoms with Crippen molar-refractivity contribution in [3.8, 4) is 17.2 Å². The third-order valence-corrected chi connectivity index (χ3v) is 6.29. The number of aliphatic hydroxyl groups excluding tert-OH is 1. The van der Waals surface area contributed by atoms with Crippen LogP contribution in [-0.4, -0.2) is 61.8 Å². The summed E-state index contributed by atoms with van der Waals surface area (Å²) in [5, 5.41) is 11.3. The van der Waals surface area contributed by atoms with Crippen molar-refractivity contribution in [3.05, 3.63) is 59.2 Å². The van der Waals surface area contributed by atoms with Gasteiger partial charge in [-0.25, -0.2) is 0 Å². The van der Waals surface area contributed by atoms with E-state index in [-0.39, 0.29) is 11.3 Å². The number of carbonyl (C=O) groups excluding carboxylic acids is 2. The summed E-state index contributed by atoms with van der Waals surface area (Å²) < 4.78 is 22.3. The van der Waals surface area contributed by atoms with Crippen LogP contribution in [0.2, 0.25) is 0 Å². The van der Waals surface area contributed by atoms with Crippen molar-refractivity contribution in [2.75, 3.05) is 40.1 Å². The highest BCUT2D eigenvalue weighted by atomic mass is 16.6. The Morgan fingerprint density at radius 1 is 1.03 bits per heavy atom. The molecule has 0 bridgehead atoms. The molecule has 4 rings (SSSR count). The standard InChI is InChI=1S/C28H33NO7/c1-3-4-5-14-34-21-9-6-8-19(17-21)25-24(27(31)28(32)29(25)12-7-13-33-2)26(30)20-10-11-22-23(18-20)36-16-15-35-22/h6,8-11,17-18,25,30H,3-5,7,12-16H2,1-2H3/b26-24+. The van der Waals surface area contributed by atoms with Gasteiger partial charge in [0.05, 0.1) is 18.2 Å². The van der Waals surface area contributed by atoms with Crippen LogP contribution in [0.4, 0.5) is 0 Å². The molecular formula is C28H33NO7. The van der Waals surface area contributed by atoms with Gasteiger partial charge in [0.1, 0.15) is 24.7 Å². The number of fused-ring (bicyclic) bond motifs is 1. The molecule has 2 aliphatic heterocycles. The topological polar surface area (TPSA) is 94.5 Å². The van der Waals surface area contributed by atoms with Gasteiger partial charge in [-0.2, -0.15) is 0 Å². The normalized spacial score (nSPS) is 18.5. The summed E-state index contributed by atoms with van der Waals surface area (Å²) in [6.45, 7) is 4.31. The van der Waals surface area contributed by atoms with Crippen molar-refractivity contribution >= 4 is 17.4 Å². The van der Waals surface area contributed by atoms with Gasteiger partial charge in [-0.15, -0.1) is 0 Å². The Hall–Kier alpha value is -3.52. The zero-order valence-electron chi connectivity index (χ0n) is 20.8. The Labute approximate surface area is 211 Å². The summed E-state index contributed by atoms with van der Waals surface area (Å²) in [7, 11) is 1.59. The number of aliphatic hydroxyl groups is 1. The number of hydrogen-bond donors (Lipinski definition) is 1. The van der Waals surface area contributed by atoms with Crippen molar-refractivity contribution in [1.29, 1.82) is 0 Å². The molecule has 0 saturated carbocycles. The van der Waals surface area contributed by atoms with Crippen LogP contribution in [0.1, 0.15) is 49.8 Å². The second kappa shape index (κ2) is 11.9. The number of carbonyl (C=O) groups is 2. The van der Waals surface area contributed by atoms with E-state index in [0.717, 1.165) is 19.3 Å². The molecule has 1 N–H and O–H groups in total. The van der Waals surface area contributed by atoms with E-state index >= 15 is 0 Å². The van der Waals surface area contributed by atoms with Gasteiger partial charge in [0.2, 0.25) is 0 Å². The molecular weight excluding hydrogens is 462 g/mol. The van der Waals surface area contributed by atoms with E-state index in [0.29, 0.717) is 67.8 Å². The van der Waals surface area contributed by atoms with Crippen molar-refractivity contribution < 1.29 is 33.6 Å². The molecule has 192 valence electrons. The zero-order chi connectivity index (χ0) is 25.5. The number of unbranched alkanes of at least 4 members (excludes halogenated alkanes) is 2. The number of likely N-dealkylation sites (tertiary alicyclic amines) is 1. The number of nitrogens with zero attached hydrogens (tertiary/aromatic N) is 1. The van der Waals surface area contributed by atoms with Crippen molar-refractivity contribution in [2.24, 2.45) is 0 Å². The average Bonchev–Trinajstić information content (AvgIpc) is 3.16. The van der Waals surface area contributed by atoms with E-state index in [2.05, 4.69) is 6.92 Å². The first-order valence-electron chi connectivity index (χ1n) is 12.4. The SMILES string of the molecule is CCCCCOc1cccc(C2/C(=C(\O)c3ccc4c(c3)OCCO4)C(=O)C(=O)N2CCCOC)c1. The Kier molecular flexibility index (Phi) is 8.48. The highest BCUT2D eigenvalue weighted by Gasteiger charge is 2.46. The number of methoxy groups -OCH3 is 1. The van der Waals surface area contributed by atoms with Gasteiger partial charge in [-0.05, 0) is 48.7 Å². The molecule has 2 aromatic rings. The van der Waals surface area contributed by atoms with Crippen LogP contribution in [0.3, 0.4) is 0 Å². The van der Waals surface area contributed by atoms with Crippen molar-refractivity contribution in [2.45, 2.75) is 38.6 Å². The van der Waals surface area contributed by atoms with E-state index in [9.17, 15) is 14.7 Å². The number of rotatable bonds is 11. The molecule has 2 aromatic carbocycles. The van der Waals surface area contributed by atoms with Crippen LogP contribution in [0.15, 0.2) is 48.0 Å². The van der Waals surface area contributed by atoms with Crippen molar-refractivity contribution in [1.82, 2.24) is 4.90 Å². The average molecular weight is 496 g/mol. The van der Waals surface area contributed by atoms with E-state index < -0.39 is 17.7 Å². The minimum Gasteiger partial charge on any atom is -0.507 e. The summed E-state index contributed by atoms with van der Waals surface area (Å²) in [4.78, 5) is 27.8. The summed E-state index contributed by atoms with van der Waals surface area (Å²) in [6.07, 6.45) is 3.67. The van der Waals surface area contributed by atoms with Crippen LogP contribution in [0.5, 0.6) is 17.2 Å². The summed E-state index contributed by atoms with van der Waals surface area (Å²) >= 11 is 0. The molecule has 2 heterocycles. The summed E-state index contributed by atoms with van der Waals surface area (Å²) in [6, 6.07) is 11.6. The van der Waals surface area contributed by atoms with Gasteiger partial charge in [-0.1, -0.05) is 31.9 Å². The minimum atomic E-state index is -0.755. The molecule has 1 amide bonds. The van der Waals surface area contributed by atoms with Crippen LogP contribution >= 0.6 is 0 Å². The molecule has 8 heteroatoms. The predicted molar refractivity (Wildman–Crippen MR) is 134 cm³/mol. The van der Waals surface area contributed by atoms with Crippen LogP contribution in [0, 0.1) is 0 Å². The molecule has 0 radical (unpaired) electrons. The fraction of sp³-hybridized carbons (Fsp3) is 0.429. The number of amides is 1. The van der Waals surface area contributed by atoms with Gasteiger partial charge in [-0.3, -0.25) is 9.59 Å². The van der Waals surface area contributed by atoms with Crippen LogP contribution < -0.4 is 14.2 Å². The Bertz CT molecular complexity index is 1130. The maximum absolute atomic E-state index is 13.2. The number of Topliss-reactive ketones (excluding diaryl/α,β-unsaturated/α-hetero) is 1. The lowest BCUT2D eigenvalue weighted by Crippen LogP contribution is -2.31. The largest absolute Gasteiger partial charge is 0.507 e. The van der Waals surface area contributed by atoms with E-state index in [1.807, 2.05) is 24.3 Å². The third-order valence-electron chi connectivity index (χ3n) is 6.29. The Morgan fingerprint density at radius 3 is 2.61 bits per heavy atom. The first-order chi connectivity index (χ1) is 17.5. The van der Waals surface area contributed by atoms with Gasteiger partial charge >= 0.3 is 0 Å². The quantitative estimate of drug-likeness (QED) is 0.212. The maximum atomic E-state index is 13.2.